The highest BCUT2D eigenvalue weighted by atomic mass is 15.1. The van der Waals surface area contributed by atoms with Gasteiger partial charge in [0.05, 0.1) is 33.1 Å². The van der Waals surface area contributed by atoms with Gasteiger partial charge in [-0.3, -0.25) is 0 Å². The molecule has 0 atom stereocenters. The summed E-state index contributed by atoms with van der Waals surface area (Å²) in [7, 11) is 0. The minimum atomic E-state index is 0.556. The van der Waals surface area contributed by atoms with Crippen LogP contribution in [0.4, 0.5) is 0 Å². The lowest BCUT2D eigenvalue weighted by molar-refractivity contribution is 0.367. The average Bonchev–Trinajstić information content (AvgIpc) is 3.36. The first-order valence-electron chi connectivity index (χ1n) is 11.8. The van der Waals surface area contributed by atoms with Gasteiger partial charge in [-0.2, -0.15) is 0 Å². The van der Waals surface area contributed by atoms with Crippen LogP contribution in [0.3, 0.4) is 0 Å². The van der Waals surface area contributed by atoms with Gasteiger partial charge in [0.25, 0.3) is 0 Å². The maximum Gasteiger partial charge on any atom is 0.0972 e. The minimum absolute atomic E-state index is 0.556. The fraction of sp³-hybridized carbons (Fsp3) is 0.207. The zero-order chi connectivity index (χ0) is 21.1. The number of rotatable bonds is 2. The SMILES string of the molecule is c1ccc(-n2c3ccccc3c3nc4c5ccccc5n(C5CCCCC5)c4cc32)cc1. The number of para-hydroxylation sites is 3. The fourth-order valence-electron chi connectivity index (χ4n) is 5.84. The summed E-state index contributed by atoms with van der Waals surface area (Å²) >= 11 is 0. The van der Waals surface area contributed by atoms with Gasteiger partial charge in [-0.15, -0.1) is 0 Å². The molecule has 1 aliphatic carbocycles. The van der Waals surface area contributed by atoms with E-state index in [0.717, 1.165) is 11.0 Å². The monoisotopic (exact) mass is 415 g/mol. The number of pyridine rings is 1. The van der Waals surface area contributed by atoms with Gasteiger partial charge >= 0.3 is 0 Å². The van der Waals surface area contributed by atoms with E-state index in [9.17, 15) is 0 Å². The van der Waals surface area contributed by atoms with E-state index in [1.807, 2.05) is 0 Å². The van der Waals surface area contributed by atoms with Gasteiger partial charge in [0.1, 0.15) is 0 Å². The van der Waals surface area contributed by atoms with Crippen LogP contribution in [0.2, 0.25) is 0 Å². The quantitative estimate of drug-likeness (QED) is 0.283. The van der Waals surface area contributed by atoms with Crippen molar-refractivity contribution in [3.05, 3.63) is 84.9 Å². The molecule has 0 amide bonds. The summed E-state index contributed by atoms with van der Waals surface area (Å²) in [6, 6.07) is 31.1. The van der Waals surface area contributed by atoms with E-state index >= 15 is 0 Å². The van der Waals surface area contributed by atoms with Gasteiger partial charge < -0.3 is 9.13 Å². The van der Waals surface area contributed by atoms with Crippen molar-refractivity contribution in [3.8, 4) is 5.69 Å². The minimum Gasteiger partial charge on any atom is -0.336 e. The number of aromatic nitrogens is 3. The van der Waals surface area contributed by atoms with E-state index in [1.165, 1.54) is 70.6 Å². The molecule has 0 N–H and O–H groups in total. The second-order valence-electron chi connectivity index (χ2n) is 9.09. The molecular weight excluding hydrogens is 390 g/mol. The van der Waals surface area contributed by atoms with E-state index < -0.39 is 0 Å². The summed E-state index contributed by atoms with van der Waals surface area (Å²) in [4.78, 5) is 5.35. The van der Waals surface area contributed by atoms with Crippen molar-refractivity contribution in [2.24, 2.45) is 0 Å². The third kappa shape index (κ3) is 2.51. The van der Waals surface area contributed by atoms with Gasteiger partial charge in [0, 0.05) is 22.5 Å². The standard InChI is InChI=1S/C29H25N3/c1-3-11-20(12-4-1)31-24-17-9-7-15-22(24)28-26(31)19-27-29(30-28)23-16-8-10-18-25(23)32(27)21-13-5-2-6-14-21/h1,3-4,7-12,15-19,21H,2,5-6,13-14H2. The molecule has 1 aliphatic rings. The molecule has 3 aromatic heterocycles. The van der Waals surface area contributed by atoms with Crippen LogP contribution in [0.1, 0.15) is 38.1 Å². The Morgan fingerprint density at radius 1 is 0.594 bits per heavy atom. The number of benzene rings is 3. The molecule has 6 aromatic rings. The fourth-order valence-corrected chi connectivity index (χ4v) is 5.84. The maximum absolute atomic E-state index is 5.35. The Morgan fingerprint density at radius 2 is 1.22 bits per heavy atom. The van der Waals surface area contributed by atoms with Gasteiger partial charge in [-0.1, -0.05) is 73.9 Å². The van der Waals surface area contributed by atoms with Crippen molar-refractivity contribution in [1.82, 2.24) is 14.1 Å². The second-order valence-corrected chi connectivity index (χ2v) is 9.09. The Bertz CT molecular complexity index is 1600. The van der Waals surface area contributed by atoms with Crippen molar-refractivity contribution < 1.29 is 0 Å². The largest absolute Gasteiger partial charge is 0.336 e. The van der Waals surface area contributed by atoms with E-state index in [4.69, 9.17) is 4.98 Å². The van der Waals surface area contributed by atoms with E-state index in [1.54, 1.807) is 0 Å². The van der Waals surface area contributed by atoms with E-state index in [-0.39, 0.29) is 0 Å². The second kappa shape index (κ2) is 6.96. The zero-order valence-corrected chi connectivity index (χ0v) is 18.0. The van der Waals surface area contributed by atoms with Crippen molar-refractivity contribution in [2.45, 2.75) is 38.1 Å². The lowest BCUT2D eigenvalue weighted by atomic mass is 9.95. The van der Waals surface area contributed by atoms with Gasteiger partial charge in [0.15, 0.2) is 0 Å². The highest BCUT2D eigenvalue weighted by Gasteiger charge is 2.23. The Morgan fingerprint density at radius 3 is 2.00 bits per heavy atom. The Kier molecular flexibility index (Phi) is 3.92. The summed E-state index contributed by atoms with van der Waals surface area (Å²) in [5.74, 6) is 0. The first-order chi connectivity index (χ1) is 15.9. The molecule has 7 rings (SSSR count). The Labute approximate surface area is 186 Å². The molecule has 0 spiro atoms. The Hall–Kier alpha value is -3.59. The van der Waals surface area contributed by atoms with Crippen LogP contribution in [-0.2, 0) is 0 Å². The van der Waals surface area contributed by atoms with Crippen LogP contribution >= 0.6 is 0 Å². The van der Waals surface area contributed by atoms with E-state index in [0.29, 0.717) is 6.04 Å². The van der Waals surface area contributed by atoms with Crippen LogP contribution in [0, 0.1) is 0 Å². The number of hydrogen-bond donors (Lipinski definition) is 0. The molecule has 156 valence electrons. The normalized spacial score (nSPS) is 15.4. The molecule has 0 saturated heterocycles. The van der Waals surface area contributed by atoms with Crippen LogP contribution in [0.15, 0.2) is 84.9 Å². The maximum atomic E-state index is 5.35. The predicted molar refractivity (Wildman–Crippen MR) is 134 cm³/mol. The molecule has 3 aromatic carbocycles. The van der Waals surface area contributed by atoms with Crippen LogP contribution in [0.5, 0.6) is 0 Å². The molecule has 3 heteroatoms. The first kappa shape index (κ1) is 18.0. The van der Waals surface area contributed by atoms with Crippen LogP contribution in [-0.4, -0.2) is 14.1 Å². The highest BCUT2D eigenvalue weighted by molar-refractivity contribution is 6.14. The summed E-state index contributed by atoms with van der Waals surface area (Å²) in [6.45, 7) is 0. The van der Waals surface area contributed by atoms with Crippen molar-refractivity contribution in [2.75, 3.05) is 0 Å². The lowest BCUT2D eigenvalue weighted by Gasteiger charge is -2.25. The molecule has 1 saturated carbocycles. The molecule has 0 unspecified atom stereocenters. The summed E-state index contributed by atoms with van der Waals surface area (Å²) in [6.07, 6.45) is 6.51. The molecule has 0 bridgehead atoms. The highest BCUT2D eigenvalue weighted by Crippen LogP contribution is 2.40. The number of hydrogen-bond acceptors (Lipinski definition) is 1. The smallest absolute Gasteiger partial charge is 0.0972 e. The predicted octanol–water partition coefficient (Wildman–Crippen LogP) is 7.79. The molecule has 32 heavy (non-hydrogen) atoms. The third-order valence-corrected chi connectivity index (χ3v) is 7.26. The molecular formula is C29H25N3. The molecule has 3 nitrogen and oxygen atoms in total. The Balaban J connectivity index is 1.65. The van der Waals surface area contributed by atoms with Crippen molar-refractivity contribution >= 4 is 43.9 Å². The molecule has 0 aliphatic heterocycles. The van der Waals surface area contributed by atoms with Gasteiger partial charge in [-0.25, -0.2) is 4.98 Å². The van der Waals surface area contributed by atoms with Crippen molar-refractivity contribution in [3.63, 3.8) is 0 Å². The number of fused-ring (bicyclic) bond motifs is 6. The zero-order valence-electron chi connectivity index (χ0n) is 18.0. The summed E-state index contributed by atoms with van der Waals surface area (Å²) < 4.78 is 4.98. The molecule has 0 radical (unpaired) electrons. The lowest BCUT2D eigenvalue weighted by Crippen LogP contribution is -2.12. The van der Waals surface area contributed by atoms with Gasteiger partial charge in [0.2, 0.25) is 0 Å². The van der Waals surface area contributed by atoms with Crippen molar-refractivity contribution in [1.29, 1.82) is 0 Å². The first-order valence-corrected chi connectivity index (χ1v) is 11.8. The number of nitrogens with zero attached hydrogens (tertiary/aromatic N) is 3. The third-order valence-electron chi connectivity index (χ3n) is 7.26. The molecule has 3 heterocycles. The summed E-state index contributed by atoms with van der Waals surface area (Å²) in [5.41, 5.74) is 8.39. The van der Waals surface area contributed by atoms with Crippen LogP contribution in [0.25, 0.3) is 49.6 Å². The van der Waals surface area contributed by atoms with Gasteiger partial charge in [-0.05, 0) is 43.2 Å². The van der Waals surface area contributed by atoms with Crippen LogP contribution < -0.4 is 0 Å². The average molecular weight is 416 g/mol. The topological polar surface area (TPSA) is 22.8 Å². The molecule has 1 fully saturated rings. The summed E-state index contributed by atoms with van der Waals surface area (Å²) in [5, 5.41) is 2.48. The van der Waals surface area contributed by atoms with E-state index in [2.05, 4.69) is 94.1 Å².